The third-order valence-corrected chi connectivity index (χ3v) is 9.78. The summed E-state index contributed by atoms with van der Waals surface area (Å²) in [4.78, 5) is 37.9. The Hall–Kier alpha value is -3.93. The largest absolute Gasteiger partial charge is 0.462 e. The Bertz CT molecular complexity index is 1290. The summed E-state index contributed by atoms with van der Waals surface area (Å²) < 4.78 is 16.7. The molecule has 0 aliphatic heterocycles. The van der Waals surface area contributed by atoms with Crippen LogP contribution in [0.15, 0.2) is 109 Å². The lowest BCUT2D eigenvalue weighted by molar-refractivity contribution is -0.166. The lowest BCUT2D eigenvalue weighted by Crippen LogP contribution is -2.30. The molecular formula is C55H88O6. The Morgan fingerprint density at radius 3 is 1.20 bits per heavy atom. The number of esters is 3. The molecule has 344 valence electrons. The van der Waals surface area contributed by atoms with Gasteiger partial charge in [0.2, 0.25) is 0 Å². The molecule has 0 amide bonds. The van der Waals surface area contributed by atoms with Crippen molar-refractivity contribution in [1.82, 2.24) is 0 Å². The summed E-state index contributed by atoms with van der Waals surface area (Å²) in [5.41, 5.74) is 0. The van der Waals surface area contributed by atoms with Crippen LogP contribution >= 0.6 is 0 Å². The highest BCUT2D eigenvalue weighted by atomic mass is 16.6. The monoisotopic (exact) mass is 845 g/mol. The first-order valence-corrected chi connectivity index (χ1v) is 24.4. The highest BCUT2D eigenvalue weighted by molar-refractivity contribution is 5.71. The molecule has 0 bridgehead atoms. The minimum atomic E-state index is -0.821. The van der Waals surface area contributed by atoms with Crippen molar-refractivity contribution in [3.8, 4) is 0 Å². The van der Waals surface area contributed by atoms with Gasteiger partial charge in [-0.2, -0.15) is 0 Å². The van der Waals surface area contributed by atoms with Crippen LogP contribution in [-0.4, -0.2) is 37.2 Å². The summed E-state index contributed by atoms with van der Waals surface area (Å²) in [6.07, 6.45) is 65.1. The second kappa shape index (κ2) is 48.7. The number of ether oxygens (including phenoxy) is 3. The van der Waals surface area contributed by atoms with Gasteiger partial charge in [-0.15, -0.1) is 0 Å². The fourth-order valence-electron chi connectivity index (χ4n) is 6.16. The van der Waals surface area contributed by atoms with E-state index in [1.807, 2.05) is 12.2 Å². The van der Waals surface area contributed by atoms with Gasteiger partial charge in [-0.1, -0.05) is 188 Å². The molecule has 61 heavy (non-hydrogen) atoms. The molecular weight excluding hydrogens is 757 g/mol. The maximum absolute atomic E-state index is 12.8. The van der Waals surface area contributed by atoms with Crippen molar-refractivity contribution in [2.75, 3.05) is 13.2 Å². The Morgan fingerprint density at radius 2 is 0.721 bits per heavy atom. The van der Waals surface area contributed by atoms with Gasteiger partial charge in [0.1, 0.15) is 13.2 Å². The Labute approximate surface area is 374 Å². The van der Waals surface area contributed by atoms with Crippen LogP contribution in [0.3, 0.4) is 0 Å². The Balaban J connectivity index is 4.55. The zero-order valence-electron chi connectivity index (χ0n) is 39.1. The molecule has 0 spiro atoms. The highest BCUT2D eigenvalue weighted by Gasteiger charge is 2.19. The Kier molecular flexibility index (Phi) is 45.6. The Morgan fingerprint density at radius 1 is 0.361 bits per heavy atom. The van der Waals surface area contributed by atoms with E-state index in [2.05, 4.69) is 118 Å². The van der Waals surface area contributed by atoms with Gasteiger partial charge < -0.3 is 14.2 Å². The van der Waals surface area contributed by atoms with Crippen molar-refractivity contribution in [1.29, 1.82) is 0 Å². The number of hydrogen-bond acceptors (Lipinski definition) is 6. The third kappa shape index (κ3) is 47.0. The highest BCUT2D eigenvalue weighted by Crippen LogP contribution is 2.12. The van der Waals surface area contributed by atoms with Gasteiger partial charge in [0.25, 0.3) is 0 Å². The van der Waals surface area contributed by atoms with E-state index in [1.54, 1.807) is 0 Å². The first-order valence-electron chi connectivity index (χ1n) is 24.4. The van der Waals surface area contributed by atoms with Gasteiger partial charge in [0.05, 0.1) is 0 Å². The number of rotatable bonds is 42. The van der Waals surface area contributed by atoms with Crippen molar-refractivity contribution in [3.05, 3.63) is 109 Å². The molecule has 1 unspecified atom stereocenters. The number of allylic oxidation sites excluding steroid dienone is 18. The molecule has 0 aromatic rings. The predicted molar refractivity (Wildman–Crippen MR) is 260 cm³/mol. The van der Waals surface area contributed by atoms with E-state index in [9.17, 15) is 14.4 Å². The average molecular weight is 845 g/mol. The van der Waals surface area contributed by atoms with E-state index in [0.717, 1.165) is 122 Å². The molecule has 0 radical (unpaired) electrons. The van der Waals surface area contributed by atoms with Crippen molar-refractivity contribution in [3.63, 3.8) is 0 Å². The van der Waals surface area contributed by atoms with Crippen LogP contribution in [0.5, 0.6) is 0 Å². The van der Waals surface area contributed by atoms with Crippen molar-refractivity contribution < 1.29 is 28.6 Å². The van der Waals surface area contributed by atoms with Crippen LogP contribution in [0.25, 0.3) is 0 Å². The molecule has 1 atom stereocenters. The molecule has 0 heterocycles. The zero-order chi connectivity index (χ0) is 44.4. The van der Waals surface area contributed by atoms with Crippen LogP contribution in [0.4, 0.5) is 0 Å². The van der Waals surface area contributed by atoms with E-state index in [0.29, 0.717) is 19.3 Å². The minimum absolute atomic E-state index is 0.116. The standard InChI is InChI=1S/C55H88O6/c1-4-7-10-13-16-19-22-25-27-29-30-33-36-39-42-45-48-54(57)60-51-52(50-59-53(56)47-44-41-38-35-32-24-21-18-15-12-9-6-3)61-55(58)49-46-43-40-37-34-31-28-26-23-20-17-14-11-8-5-2/h7,9-10,12,16-21,23,25-27,30,33,39,42,52H,4-6,8,11,13-15,22,24,28-29,31-32,34-38,40-41,43-51H2,1-3H3/b10-7-,12-9-,19-16-,20-17-,21-18-,26-23-,27-25-,33-30-,42-39-. The molecule has 6 heteroatoms. The quantitative estimate of drug-likeness (QED) is 0.0200. The molecule has 0 aliphatic carbocycles. The predicted octanol–water partition coefficient (Wildman–Crippen LogP) is 16.0. The van der Waals surface area contributed by atoms with Gasteiger partial charge >= 0.3 is 17.9 Å². The zero-order valence-corrected chi connectivity index (χ0v) is 39.1. The topological polar surface area (TPSA) is 78.9 Å². The fourth-order valence-corrected chi connectivity index (χ4v) is 6.16. The average Bonchev–Trinajstić information content (AvgIpc) is 3.26. The van der Waals surface area contributed by atoms with E-state index in [1.165, 1.54) is 32.1 Å². The molecule has 0 aliphatic rings. The maximum Gasteiger partial charge on any atom is 0.306 e. The maximum atomic E-state index is 12.8. The lowest BCUT2D eigenvalue weighted by atomic mass is 10.1. The molecule has 0 fully saturated rings. The second-order valence-corrected chi connectivity index (χ2v) is 15.6. The van der Waals surface area contributed by atoms with E-state index < -0.39 is 6.10 Å². The number of carbonyl (C=O) groups excluding carboxylic acids is 3. The summed E-state index contributed by atoms with van der Waals surface area (Å²) >= 11 is 0. The van der Waals surface area contributed by atoms with Crippen LogP contribution in [0.1, 0.15) is 201 Å². The molecule has 0 saturated heterocycles. The number of carbonyl (C=O) groups is 3. The smallest absolute Gasteiger partial charge is 0.306 e. The van der Waals surface area contributed by atoms with Crippen LogP contribution < -0.4 is 0 Å². The van der Waals surface area contributed by atoms with E-state index >= 15 is 0 Å². The summed E-state index contributed by atoms with van der Waals surface area (Å²) in [5.74, 6) is -1.04. The van der Waals surface area contributed by atoms with Crippen LogP contribution in [-0.2, 0) is 28.6 Å². The molecule has 0 N–H and O–H groups in total. The molecule has 0 rings (SSSR count). The van der Waals surface area contributed by atoms with Gasteiger partial charge in [0.15, 0.2) is 6.10 Å². The van der Waals surface area contributed by atoms with E-state index in [4.69, 9.17) is 14.2 Å². The normalized spacial score (nSPS) is 13.0. The number of hydrogen-bond donors (Lipinski definition) is 0. The SMILES string of the molecule is CC/C=C\C/C=C\C/C=C\C/C=C\C/C=C\CCC(=O)OCC(COC(=O)CCCCCCC/C=C\C/C=C\CC)OC(=O)CCCCCCCC/C=C\C=C/CCCCC. The summed E-state index contributed by atoms with van der Waals surface area (Å²) in [6, 6.07) is 0. The van der Waals surface area contributed by atoms with Crippen LogP contribution in [0, 0.1) is 0 Å². The van der Waals surface area contributed by atoms with E-state index in [-0.39, 0.29) is 37.5 Å². The minimum Gasteiger partial charge on any atom is -0.462 e. The lowest BCUT2D eigenvalue weighted by Gasteiger charge is -2.18. The molecule has 0 saturated carbocycles. The first kappa shape index (κ1) is 57.1. The van der Waals surface area contributed by atoms with Crippen LogP contribution in [0.2, 0.25) is 0 Å². The van der Waals surface area contributed by atoms with Gasteiger partial charge in [0, 0.05) is 19.3 Å². The van der Waals surface area contributed by atoms with Gasteiger partial charge in [-0.3, -0.25) is 14.4 Å². The molecule has 0 aromatic heterocycles. The van der Waals surface area contributed by atoms with Gasteiger partial charge in [-0.05, 0) is 103 Å². The molecule has 0 aromatic carbocycles. The fraction of sp³-hybridized carbons (Fsp3) is 0.618. The summed E-state index contributed by atoms with van der Waals surface area (Å²) in [7, 11) is 0. The van der Waals surface area contributed by atoms with Gasteiger partial charge in [-0.25, -0.2) is 0 Å². The number of unbranched alkanes of at least 4 members (excludes halogenated alkanes) is 14. The molecule has 6 nitrogen and oxygen atoms in total. The summed E-state index contributed by atoms with van der Waals surface area (Å²) in [6.45, 7) is 6.27. The van der Waals surface area contributed by atoms with Crippen molar-refractivity contribution >= 4 is 17.9 Å². The summed E-state index contributed by atoms with van der Waals surface area (Å²) in [5, 5.41) is 0. The van der Waals surface area contributed by atoms with Crippen molar-refractivity contribution in [2.45, 2.75) is 207 Å². The van der Waals surface area contributed by atoms with Crippen molar-refractivity contribution in [2.24, 2.45) is 0 Å². The first-order chi connectivity index (χ1) is 30.0. The third-order valence-electron chi connectivity index (χ3n) is 9.78. The second-order valence-electron chi connectivity index (χ2n) is 15.6.